The molecule has 0 N–H and O–H groups in total. The van der Waals surface area contributed by atoms with E-state index in [1.165, 1.54) is 86.6 Å². The van der Waals surface area contributed by atoms with Crippen LogP contribution in [-0.4, -0.2) is 69.8 Å². The Balaban J connectivity index is 0.000000135. The molecule has 0 saturated heterocycles. The number of thiophene rings is 6. The summed E-state index contributed by atoms with van der Waals surface area (Å²) < 4.78 is 12.9. The largest absolute Gasteiger partial charge is 2.00 e. The zero-order valence-electron chi connectivity index (χ0n) is 81.4. The molecule has 4 aromatic carbocycles. The van der Waals surface area contributed by atoms with Crippen molar-refractivity contribution in [2.24, 2.45) is 0 Å². The molecule has 0 bridgehead atoms. The molecule has 25 rings (SSSR count). The predicted molar refractivity (Wildman–Crippen MR) is 588 cm³/mol. The molecule has 0 spiro atoms. The number of nitrogens with zero attached hydrogens (tertiary/aromatic N) is 14. The van der Waals surface area contributed by atoms with E-state index in [0.29, 0.717) is 42.2 Å². The summed E-state index contributed by atoms with van der Waals surface area (Å²) in [5.74, 6) is 1.04. The molecule has 24 aromatic rings. The van der Waals surface area contributed by atoms with E-state index in [4.69, 9.17) is 38.7 Å². The summed E-state index contributed by atoms with van der Waals surface area (Å²) in [6, 6.07) is 124. The minimum Gasteiger partial charge on any atom is -0.525 e. The fourth-order valence-corrected chi connectivity index (χ4v) is 23.3. The van der Waals surface area contributed by atoms with Gasteiger partial charge in [0.1, 0.15) is 5.41 Å². The van der Waals surface area contributed by atoms with Gasteiger partial charge in [0.15, 0.2) is 0 Å². The van der Waals surface area contributed by atoms with E-state index in [2.05, 4.69) is 363 Å². The van der Waals surface area contributed by atoms with Gasteiger partial charge in [0.2, 0.25) is 0 Å². The van der Waals surface area contributed by atoms with Gasteiger partial charge in [-0.25, -0.2) is 90.7 Å². The molecule has 20 heterocycles. The SMILES string of the molecule is CC(C)(C)c1c[c-]c(-c2cccc(Cc3cccc(-c4[c-]cc(C(C)(C)C)s4)n3)n2)s1.Cc1c[c-]c(-c2cccc(Cc3cccc(-c4[c-]cc(C)s4)n3)n2)s1.[Pt+2].[Pt+2].[Pt+2].[Pt+2].[Pt+2].[c-]1c(-c2cccc(C3(c4cccc(-c5[c-]c6ccccc6s5)n4)c4ccccc4-c4ccccc43)n2)sc2ccccc12.[c-]1ncoc1-c1cccc(Cc2cccc(-c3[c-]nco3)n2)n1.[c-]1ncsc1-c1cccc(Cc2cccc(-c3[c-]ncs3)n2)n1. The van der Waals surface area contributed by atoms with Crippen LogP contribution >= 0.6 is 90.7 Å². The first-order valence-electron chi connectivity index (χ1n) is 46.7. The van der Waals surface area contributed by atoms with Gasteiger partial charge in [-0.2, -0.15) is 48.5 Å². The van der Waals surface area contributed by atoms with Crippen molar-refractivity contribution in [1.82, 2.24) is 69.8 Å². The molecule has 750 valence electrons. The molecular formula is C121H86N14O2Pt5S8. The summed E-state index contributed by atoms with van der Waals surface area (Å²) in [7, 11) is 0. The van der Waals surface area contributed by atoms with Crippen molar-refractivity contribution >= 4 is 111 Å². The molecule has 29 heteroatoms. The normalized spacial score (nSPS) is 11.5. The van der Waals surface area contributed by atoms with Crippen LogP contribution in [0.1, 0.15) is 129 Å². The average Bonchev–Trinajstić information content (AvgIpc) is 1.54. The zero-order chi connectivity index (χ0) is 98.8. The van der Waals surface area contributed by atoms with Crippen LogP contribution < -0.4 is 0 Å². The van der Waals surface area contributed by atoms with Crippen molar-refractivity contribution in [2.75, 3.05) is 0 Å². The minimum absolute atomic E-state index is 0. The van der Waals surface area contributed by atoms with Crippen LogP contribution in [0.3, 0.4) is 0 Å². The number of aryl methyl sites for hydroxylation is 2. The van der Waals surface area contributed by atoms with Gasteiger partial charge in [-0.15, -0.1) is 47.2 Å². The predicted octanol–water partition coefficient (Wildman–Crippen LogP) is 30.5. The van der Waals surface area contributed by atoms with Crippen molar-refractivity contribution in [3.05, 3.63) is 476 Å². The molecule has 0 radical (unpaired) electrons. The van der Waals surface area contributed by atoms with Crippen molar-refractivity contribution in [1.29, 1.82) is 0 Å². The third-order valence-electron chi connectivity index (χ3n) is 23.6. The molecule has 0 aliphatic heterocycles. The summed E-state index contributed by atoms with van der Waals surface area (Å²) in [6.45, 7) is 17.6. The Labute approximate surface area is 975 Å². The molecular weight excluding hydrogens is 2910 g/mol. The van der Waals surface area contributed by atoms with Crippen molar-refractivity contribution in [2.45, 2.75) is 97.3 Å². The summed E-state index contributed by atoms with van der Waals surface area (Å²) in [5.41, 5.74) is 26.6. The molecule has 0 amide bonds. The number of oxazole rings is 2. The van der Waals surface area contributed by atoms with E-state index in [1.807, 2.05) is 97.1 Å². The van der Waals surface area contributed by atoms with E-state index < -0.39 is 5.41 Å². The number of aromatic nitrogens is 14. The fraction of sp³-hybridized carbons (Fsp3) is 0.124. The van der Waals surface area contributed by atoms with Crippen LogP contribution in [0.25, 0.3) is 139 Å². The molecule has 0 saturated carbocycles. The Morgan fingerprint density at radius 3 is 0.847 bits per heavy atom. The summed E-state index contributed by atoms with van der Waals surface area (Å²) in [4.78, 5) is 77.8. The van der Waals surface area contributed by atoms with Crippen molar-refractivity contribution in [3.63, 3.8) is 0 Å². The average molecular weight is 3000 g/mol. The van der Waals surface area contributed by atoms with Gasteiger partial charge in [0.25, 0.3) is 0 Å². The van der Waals surface area contributed by atoms with Gasteiger partial charge in [-0.05, 0) is 170 Å². The van der Waals surface area contributed by atoms with Crippen LogP contribution in [-0.2, 0) is 147 Å². The molecule has 150 heavy (non-hydrogen) atoms. The van der Waals surface area contributed by atoms with E-state index in [9.17, 15) is 0 Å². The maximum Gasteiger partial charge on any atom is 2.00 e. The summed E-state index contributed by atoms with van der Waals surface area (Å²) in [6.07, 6.45) is 16.8. The quantitative estimate of drug-likeness (QED) is 0.0650. The van der Waals surface area contributed by atoms with E-state index >= 15 is 0 Å². The molecule has 0 unspecified atom stereocenters. The third kappa shape index (κ3) is 26.2. The standard InChI is InChI=1S/C39H22N2S2.C27H28N2S2.C21H16N2S2.C17H10N4O2.C17H10N4S2.5Pt/c1-7-19-33-25(11-1)23-35(42-33)31-17-9-21-37(40-31)39(29-15-5-3-13-27(29)28-14-4-6-16-30(28)39)38-22-10-18-32(41-38)36-24-26-12-2-8-20-34(26)43-36;1-26(2,3)24-15-13-22(30-24)20-11-7-9-18(28-20)17-19-10-8-12-21(29-19)23-14-16-25(31-23)27(4,5)6;1-14-9-11-20(24-14)18-7-3-5-16(22-18)13-17-6-4-8-19(23-17)21-12-10-15(2)25-21;2*1-3-12(20-14(5-1)16-8-18-10-22-16)7-13-4-2-6-15(21-13)17-9-19-11-23-17;;;;;/h1-22H;7-12,15-16H,17H2,1-6H3;3-10H,13H2,1-2H3;2*1-6,10-11H,7H2;;;;;/q5*-2;5*+2. The van der Waals surface area contributed by atoms with Gasteiger partial charge in [0, 0.05) is 106 Å². The van der Waals surface area contributed by atoms with Gasteiger partial charge < -0.3 is 68.6 Å². The topological polar surface area (TPSA) is 207 Å². The Morgan fingerprint density at radius 1 is 0.267 bits per heavy atom. The monoisotopic (exact) mass is 3000 g/mol. The molecule has 20 aromatic heterocycles. The number of fused-ring (bicyclic) bond motifs is 5. The Kier molecular flexibility index (Phi) is 37.4. The number of hydrogen-bond acceptors (Lipinski definition) is 24. The van der Waals surface area contributed by atoms with Crippen LogP contribution in [0, 0.1) is 75.0 Å². The second kappa shape index (κ2) is 50.6. The summed E-state index contributed by atoms with van der Waals surface area (Å²) >= 11 is 13.5. The molecule has 0 fully saturated rings. The zero-order valence-corrected chi connectivity index (χ0v) is 99.3. The Bertz CT molecular complexity index is 7890. The fourth-order valence-electron chi connectivity index (χ4n) is 16.8. The minimum atomic E-state index is -0.688. The number of thiazole rings is 2. The second-order valence-corrected chi connectivity index (χ2v) is 44.5. The van der Waals surface area contributed by atoms with Gasteiger partial charge in [-0.3, -0.25) is 9.97 Å². The van der Waals surface area contributed by atoms with E-state index in [-0.39, 0.29) is 116 Å². The van der Waals surface area contributed by atoms with Crippen molar-refractivity contribution < 1.29 is 114 Å². The molecule has 16 nitrogen and oxygen atoms in total. The first-order chi connectivity index (χ1) is 70.8. The first kappa shape index (κ1) is 111. The van der Waals surface area contributed by atoms with Crippen LogP contribution in [0.2, 0.25) is 0 Å². The van der Waals surface area contributed by atoms with Gasteiger partial charge in [0.05, 0.1) is 24.2 Å². The Hall–Kier alpha value is -11.8. The number of benzene rings is 4. The maximum atomic E-state index is 5.44. The Morgan fingerprint density at radius 2 is 0.553 bits per heavy atom. The van der Waals surface area contributed by atoms with Gasteiger partial charge >= 0.3 is 105 Å². The maximum absolute atomic E-state index is 5.44. The first-order valence-corrected chi connectivity index (χ1v) is 53.4. The van der Waals surface area contributed by atoms with Crippen molar-refractivity contribution in [3.8, 4) is 119 Å². The van der Waals surface area contributed by atoms with Crippen LogP contribution in [0.4, 0.5) is 0 Å². The number of pyridine rings is 10. The third-order valence-corrected chi connectivity index (χ3v) is 32.2. The van der Waals surface area contributed by atoms with Gasteiger partial charge in [-0.1, -0.05) is 311 Å². The molecule has 1 aliphatic carbocycles. The number of rotatable bonds is 20. The smallest absolute Gasteiger partial charge is 0.525 e. The molecule has 1 aliphatic rings. The number of hydrogen-bond donors (Lipinski definition) is 0. The summed E-state index contributed by atoms with van der Waals surface area (Å²) in [5, 5.41) is 2.24. The van der Waals surface area contributed by atoms with E-state index in [0.717, 1.165) is 159 Å². The molecule has 0 atom stereocenters. The second-order valence-electron chi connectivity index (χ2n) is 36.1. The van der Waals surface area contributed by atoms with Crippen LogP contribution in [0.15, 0.2) is 336 Å². The van der Waals surface area contributed by atoms with Crippen LogP contribution in [0.5, 0.6) is 0 Å². The van der Waals surface area contributed by atoms with E-state index in [1.54, 1.807) is 79.0 Å².